The Morgan fingerprint density at radius 3 is 1.75 bits per heavy atom. The van der Waals surface area contributed by atoms with Gasteiger partial charge in [0.25, 0.3) is 5.56 Å². The van der Waals surface area contributed by atoms with Gasteiger partial charge in [-0.3, -0.25) is 9.36 Å². The summed E-state index contributed by atoms with van der Waals surface area (Å²) in [5.74, 6) is -0.958. The molecule has 0 fully saturated rings. The number of imidazole rings is 2. The van der Waals surface area contributed by atoms with Crippen LogP contribution in [0, 0.1) is 23.0 Å². The average molecular weight is 989 g/mol. The van der Waals surface area contributed by atoms with E-state index < -0.39 is 23.6 Å². The minimum atomic E-state index is -1.04. The van der Waals surface area contributed by atoms with Crippen molar-refractivity contribution >= 4 is 34.0 Å². The number of fused-ring (bicyclic) bond motifs is 2. The molecule has 0 radical (unpaired) electrons. The van der Waals surface area contributed by atoms with Crippen molar-refractivity contribution in [3.63, 3.8) is 0 Å². The molecule has 0 aliphatic rings. The smallest absolute Gasteiger partial charge is 0.337 e. The Kier molecular flexibility index (Phi) is 15.7. The number of carbonyl (C=O) groups excluding carboxylic acids is 1. The number of carboxylic acid groups (broad SMARTS) is 1. The topological polar surface area (TPSA) is 219 Å². The quantitative estimate of drug-likeness (QED) is 0.0822. The van der Waals surface area contributed by atoms with Gasteiger partial charge in [0.05, 0.1) is 76.5 Å². The molecule has 9 rings (SSSR count). The lowest BCUT2D eigenvalue weighted by Crippen LogP contribution is -2.21. The molecule has 0 spiro atoms. The van der Waals surface area contributed by atoms with Crippen molar-refractivity contribution in [2.45, 2.75) is 32.7 Å². The van der Waals surface area contributed by atoms with Crippen LogP contribution in [-0.2, 0) is 46.9 Å². The fourth-order valence-corrected chi connectivity index (χ4v) is 7.96. The third-order valence-corrected chi connectivity index (χ3v) is 11.7. The number of aromatic carboxylic acids is 1. The lowest BCUT2D eigenvalue weighted by molar-refractivity contribution is 0.0600. The second kappa shape index (κ2) is 22.7. The van der Waals surface area contributed by atoms with Crippen molar-refractivity contribution in [2.24, 2.45) is 0 Å². The molecule has 73 heavy (non-hydrogen) atoms. The van der Waals surface area contributed by atoms with Gasteiger partial charge in [0.15, 0.2) is 6.73 Å². The van der Waals surface area contributed by atoms with E-state index >= 15 is 4.39 Å². The minimum Gasteiger partial charge on any atom is -0.493 e. The number of esters is 1. The van der Waals surface area contributed by atoms with E-state index in [9.17, 15) is 29.0 Å². The summed E-state index contributed by atoms with van der Waals surface area (Å²) in [6.45, 7) is 1.63. The van der Waals surface area contributed by atoms with E-state index in [4.69, 9.17) is 24.2 Å². The monoisotopic (exact) mass is 988 g/mol. The van der Waals surface area contributed by atoms with Crippen molar-refractivity contribution in [1.82, 2.24) is 33.6 Å². The van der Waals surface area contributed by atoms with Crippen LogP contribution in [0.15, 0.2) is 132 Å². The fourth-order valence-electron chi connectivity index (χ4n) is 7.96. The van der Waals surface area contributed by atoms with Gasteiger partial charge in [0.1, 0.15) is 23.3 Å². The summed E-state index contributed by atoms with van der Waals surface area (Å²) in [6, 6.07) is 34.0. The lowest BCUT2D eigenvalue weighted by Gasteiger charge is -2.11. The van der Waals surface area contributed by atoms with Crippen molar-refractivity contribution in [1.29, 1.82) is 5.26 Å². The Bertz CT molecular complexity index is 3600. The van der Waals surface area contributed by atoms with Crippen LogP contribution in [0.4, 0.5) is 8.78 Å². The molecule has 370 valence electrons. The SMILES string of the molecule is COCCn1c(Cc2ccc(-c3cccc(O)n3)cc2F)nc2ccc(C(=O)OC)cc21.COCCn1c(Cc2ccc(-c3cccc(OCn4ccc(C#N)cc4=O)n3)cc2F)nc2ccc(C(=O)O)cc21. The molecule has 9 aromatic rings. The summed E-state index contributed by atoms with van der Waals surface area (Å²) in [7, 11) is 4.51. The highest BCUT2D eigenvalue weighted by atomic mass is 19.1. The molecule has 0 aliphatic carbocycles. The van der Waals surface area contributed by atoms with Crippen LogP contribution in [0.25, 0.3) is 44.6 Å². The molecular weight excluding hydrogens is 943 g/mol. The first-order valence-electron chi connectivity index (χ1n) is 22.6. The maximum atomic E-state index is 15.3. The van der Waals surface area contributed by atoms with Crippen LogP contribution in [0.5, 0.6) is 11.8 Å². The molecule has 0 amide bonds. The number of halogens is 2. The molecular formula is C54H46F2N8O9. The molecule has 0 bridgehead atoms. The molecule has 0 unspecified atom stereocenters. The van der Waals surface area contributed by atoms with Gasteiger partial charge in [-0.15, -0.1) is 0 Å². The Hall–Kier alpha value is -9.12. The van der Waals surface area contributed by atoms with Crippen LogP contribution >= 0.6 is 0 Å². The third-order valence-electron chi connectivity index (χ3n) is 11.7. The van der Waals surface area contributed by atoms with Gasteiger partial charge in [-0.1, -0.05) is 36.4 Å². The summed E-state index contributed by atoms with van der Waals surface area (Å²) >= 11 is 0. The summed E-state index contributed by atoms with van der Waals surface area (Å²) in [6.07, 6.45) is 1.90. The molecule has 2 N–H and O–H groups in total. The first-order valence-corrected chi connectivity index (χ1v) is 22.6. The number of aromatic nitrogens is 7. The van der Waals surface area contributed by atoms with Crippen LogP contribution < -0.4 is 10.3 Å². The largest absolute Gasteiger partial charge is 0.493 e. The minimum absolute atomic E-state index is 0.105. The lowest BCUT2D eigenvalue weighted by atomic mass is 10.1. The zero-order chi connectivity index (χ0) is 51.6. The highest BCUT2D eigenvalue weighted by Gasteiger charge is 2.19. The molecule has 4 aromatic carbocycles. The molecule has 17 nitrogen and oxygen atoms in total. The van der Waals surface area contributed by atoms with Crippen LogP contribution in [0.3, 0.4) is 0 Å². The van der Waals surface area contributed by atoms with E-state index in [0.717, 1.165) is 5.52 Å². The number of rotatable bonds is 17. The summed E-state index contributed by atoms with van der Waals surface area (Å²) in [5, 5.41) is 27.9. The van der Waals surface area contributed by atoms with E-state index in [2.05, 4.69) is 19.9 Å². The standard InChI is InChI=1S/C30H24FN5O5.C24H22FN3O4/c1-40-12-11-36-26-15-22(30(38)39)7-8-25(26)33-27(36)16-20-5-6-21(14-23(20)31)24-3-2-4-28(34-24)41-18-35-10-9-19(17-32)13-29(35)37;1-31-11-10-28-21-13-17(24(30)32-2)8-9-20(21)26-22(28)14-15-6-7-16(12-18(15)25)19-4-3-5-23(29)27-19/h2-10,13-15H,11-12,16,18H2,1H3,(H,38,39);3-9,12-13H,10-11,14H2,1-2H3,(H,27,29). The van der Waals surface area contributed by atoms with E-state index in [1.165, 1.54) is 54.3 Å². The summed E-state index contributed by atoms with van der Waals surface area (Å²) in [5.41, 5.74) is 6.08. The number of methoxy groups -OCH3 is 3. The Balaban J connectivity index is 0.000000201. The van der Waals surface area contributed by atoms with Gasteiger partial charge < -0.3 is 38.3 Å². The van der Waals surface area contributed by atoms with Crippen LogP contribution in [0.2, 0.25) is 0 Å². The first kappa shape index (κ1) is 50.3. The Morgan fingerprint density at radius 2 is 1.23 bits per heavy atom. The zero-order valence-corrected chi connectivity index (χ0v) is 39.7. The number of hydrogen-bond donors (Lipinski definition) is 2. The average Bonchev–Trinajstić information content (AvgIpc) is 3.93. The van der Waals surface area contributed by atoms with Gasteiger partial charge in [-0.05, 0) is 77.9 Å². The number of ether oxygens (including phenoxy) is 4. The molecule has 0 atom stereocenters. The van der Waals surface area contributed by atoms with Gasteiger partial charge in [0.2, 0.25) is 11.8 Å². The Morgan fingerprint density at radius 1 is 0.671 bits per heavy atom. The van der Waals surface area contributed by atoms with Crippen LogP contribution in [0.1, 0.15) is 49.1 Å². The highest BCUT2D eigenvalue weighted by molar-refractivity contribution is 5.94. The maximum Gasteiger partial charge on any atom is 0.337 e. The van der Waals surface area contributed by atoms with Crippen molar-refractivity contribution < 1.29 is 47.5 Å². The number of carboxylic acids is 1. The predicted octanol–water partition coefficient (Wildman–Crippen LogP) is 8.21. The Labute approximate surface area is 415 Å². The van der Waals surface area contributed by atoms with E-state index in [1.54, 1.807) is 99.1 Å². The predicted molar refractivity (Wildman–Crippen MR) is 264 cm³/mol. The molecule has 0 saturated heterocycles. The molecule has 19 heteroatoms. The van der Waals surface area contributed by atoms with Crippen molar-refractivity contribution in [3.8, 4) is 40.3 Å². The molecule has 0 saturated carbocycles. The second-order valence-corrected chi connectivity index (χ2v) is 16.4. The molecule has 0 aliphatic heterocycles. The van der Waals surface area contributed by atoms with E-state index in [1.807, 2.05) is 15.2 Å². The highest BCUT2D eigenvalue weighted by Crippen LogP contribution is 2.28. The normalized spacial score (nSPS) is 11.0. The van der Waals surface area contributed by atoms with Gasteiger partial charge in [-0.25, -0.2) is 38.3 Å². The first-order chi connectivity index (χ1) is 35.3. The number of nitrogens with zero attached hydrogens (tertiary/aromatic N) is 8. The number of aromatic hydroxyl groups is 1. The number of carbonyl (C=O) groups is 2. The van der Waals surface area contributed by atoms with Crippen molar-refractivity contribution in [2.75, 3.05) is 34.5 Å². The molecule has 5 heterocycles. The third kappa shape index (κ3) is 11.7. The molecule has 5 aromatic heterocycles. The second-order valence-electron chi connectivity index (χ2n) is 16.4. The van der Waals surface area contributed by atoms with Gasteiger partial charge in [0, 0.05) is 75.7 Å². The maximum absolute atomic E-state index is 15.3. The number of benzene rings is 4. The van der Waals surface area contributed by atoms with Crippen LogP contribution in [-0.4, -0.2) is 90.3 Å². The van der Waals surface area contributed by atoms with Gasteiger partial charge >= 0.3 is 11.9 Å². The number of nitriles is 1. The summed E-state index contributed by atoms with van der Waals surface area (Å²) < 4.78 is 56.3. The van der Waals surface area contributed by atoms with Crippen molar-refractivity contribution in [3.05, 3.63) is 189 Å². The zero-order valence-electron chi connectivity index (χ0n) is 39.7. The number of hydrogen-bond acceptors (Lipinski definition) is 13. The number of pyridine rings is 3. The van der Waals surface area contributed by atoms with Gasteiger partial charge in [-0.2, -0.15) is 5.26 Å². The van der Waals surface area contributed by atoms with E-state index in [0.29, 0.717) is 93.7 Å². The van der Waals surface area contributed by atoms with E-state index in [-0.39, 0.29) is 48.0 Å². The summed E-state index contributed by atoms with van der Waals surface area (Å²) in [4.78, 5) is 53.3. The fraction of sp³-hybridized carbons (Fsp3) is 0.185.